The van der Waals surface area contributed by atoms with Gasteiger partial charge in [0.05, 0.1) is 19.1 Å². The molecular weight excluding hydrogens is 233 g/mol. The molecule has 2 rings (SSSR count). The van der Waals surface area contributed by atoms with Crippen molar-refractivity contribution >= 4 is 5.91 Å². The summed E-state index contributed by atoms with van der Waals surface area (Å²) in [6.45, 7) is 0.146. The Labute approximate surface area is 103 Å². The van der Waals surface area contributed by atoms with Gasteiger partial charge in [-0.2, -0.15) is 0 Å². The molecule has 2 aromatic rings. The van der Waals surface area contributed by atoms with Crippen LogP contribution in [0.1, 0.15) is 10.5 Å². The number of hydrogen-bond acceptors (Lipinski definition) is 2. The van der Waals surface area contributed by atoms with Crippen molar-refractivity contribution in [1.29, 1.82) is 0 Å². The zero-order chi connectivity index (χ0) is 13.0. The van der Waals surface area contributed by atoms with Crippen molar-refractivity contribution in [3.8, 4) is 18.0 Å². The fraction of sp³-hybridized carbons (Fsp3) is 0.0769. The van der Waals surface area contributed by atoms with E-state index in [0.29, 0.717) is 11.4 Å². The number of imidazole rings is 1. The number of amides is 1. The summed E-state index contributed by atoms with van der Waals surface area (Å²) < 4.78 is 14.4. The van der Waals surface area contributed by atoms with Gasteiger partial charge in [0.25, 0.3) is 5.91 Å². The van der Waals surface area contributed by atoms with Crippen molar-refractivity contribution in [2.24, 2.45) is 0 Å². The minimum atomic E-state index is -0.336. The van der Waals surface area contributed by atoms with Gasteiger partial charge in [-0.1, -0.05) is 5.92 Å². The van der Waals surface area contributed by atoms with Crippen molar-refractivity contribution in [1.82, 2.24) is 14.9 Å². The maximum atomic E-state index is 12.8. The lowest BCUT2D eigenvalue weighted by Crippen LogP contribution is -2.25. The van der Waals surface area contributed by atoms with Crippen molar-refractivity contribution in [2.45, 2.75) is 0 Å². The van der Waals surface area contributed by atoms with Gasteiger partial charge < -0.3 is 5.32 Å². The van der Waals surface area contributed by atoms with Crippen LogP contribution in [-0.4, -0.2) is 22.0 Å². The smallest absolute Gasteiger partial charge is 0.270 e. The Hall–Kier alpha value is -2.61. The zero-order valence-electron chi connectivity index (χ0n) is 9.43. The summed E-state index contributed by atoms with van der Waals surface area (Å²) in [7, 11) is 0. The lowest BCUT2D eigenvalue weighted by molar-refractivity contribution is 0.0952. The van der Waals surface area contributed by atoms with E-state index in [1.807, 2.05) is 0 Å². The first kappa shape index (κ1) is 11.9. The van der Waals surface area contributed by atoms with Crippen LogP contribution in [-0.2, 0) is 0 Å². The number of nitrogens with one attached hydrogen (secondary N) is 1. The maximum Gasteiger partial charge on any atom is 0.270 e. The van der Waals surface area contributed by atoms with Gasteiger partial charge in [-0.05, 0) is 24.3 Å². The van der Waals surface area contributed by atoms with Crippen molar-refractivity contribution in [3.05, 3.63) is 48.3 Å². The summed E-state index contributed by atoms with van der Waals surface area (Å²) in [6, 6.07) is 5.76. The van der Waals surface area contributed by atoms with E-state index in [-0.39, 0.29) is 18.3 Å². The van der Waals surface area contributed by atoms with Crippen LogP contribution in [0.4, 0.5) is 4.39 Å². The quantitative estimate of drug-likeness (QED) is 0.828. The Morgan fingerprint density at radius 2 is 2.17 bits per heavy atom. The molecule has 0 bridgehead atoms. The predicted molar refractivity (Wildman–Crippen MR) is 64.7 cm³/mol. The summed E-state index contributed by atoms with van der Waals surface area (Å²) in [4.78, 5) is 15.7. The molecule has 0 saturated heterocycles. The van der Waals surface area contributed by atoms with Crippen LogP contribution in [0.15, 0.2) is 36.8 Å². The van der Waals surface area contributed by atoms with Crippen molar-refractivity contribution in [2.75, 3.05) is 6.54 Å². The minimum Gasteiger partial charge on any atom is -0.340 e. The monoisotopic (exact) mass is 243 g/mol. The molecule has 1 aromatic heterocycles. The van der Waals surface area contributed by atoms with E-state index in [4.69, 9.17) is 6.42 Å². The number of terminal acetylenes is 1. The summed E-state index contributed by atoms with van der Waals surface area (Å²) in [6.07, 6.45) is 7.98. The average molecular weight is 243 g/mol. The van der Waals surface area contributed by atoms with Crippen LogP contribution >= 0.6 is 0 Å². The van der Waals surface area contributed by atoms with Gasteiger partial charge in [-0.3, -0.25) is 9.36 Å². The summed E-state index contributed by atoms with van der Waals surface area (Å²) in [5.74, 6) is 1.66. The second kappa shape index (κ2) is 5.15. The molecule has 0 unspecified atom stereocenters. The molecule has 1 heterocycles. The molecule has 0 radical (unpaired) electrons. The molecule has 0 spiro atoms. The first-order valence-electron chi connectivity index (χ1n) is 5.22. The number of hydrogen-bond donors (Lipinski definition) is 1. The second-order valence-electron chi connectivity index (χ2n) is 3.51. The Balaban J connectivity index is 2.30. The SMILES string of the molecule is C#CCNC(=O)c1cncn1-c1ccc(F)cc1. The van der Waals surface area contributed by atoms with Crippen LogP contribution in [0, 0.1) is 18.2 Å². The number of carbonyl (C=O) groups excluding carboxylic acids is 1. The molecule has 0 aliphatic heterocycles. The summed E-state index contributed by atoms with van der Waals surface area (Å²) in [5, 5.41) is 2.55. The second-order valence-corrected chi connectivity index (χ2v) is 3.51. The van der Waals surface area contributed by atoms with Crippen LogP contribution in [0.3, 0.4) is 0 Å². The van der Waals surface area contributed by atoms with E-state index in [1.165, 1.54) is 24.7 Å². The number of aromatic nitrogens is 2. The molecule has 0 aliphatic rings. The summed E-state index contributed by atoms with van der Waals surface area (Å²) >= 11 is 0. The third-order valence-corrected chi connectivity index (χ3v) is 2.33. The molecule has 0 fully saturated rings. The van der Waals surface area contributed by atoms with E-state index >= 15 is 0 Å². The molecule has 4 nitrogen and oxygen atoms in total. The highest BCUT2D eigenvalue weighted by Crippen LogP contribution is 2.12. The maximum absolute atomic E-state index is 12.8. The van der Waals surface area contributed by atoms with Gasteiger partial charge in [-0.15, -0.1) is 6.42 Å². The highest BCUT2D eigenvalue weighted by molar-refractivity contribution is 5.93. The van der Waals surface area contributed by atoms with Gasteiger partial charge in [0.15, 0.2) is 0 Å². The standard InChI is InChI=1S/C13H10FN3O/c1-2-7-16-13(18)12-8-15-9-17(12)11-5-3-10(14)4-6-11/h1,3-6,8-9H,7H2,(H,16,18). The van der Waals surface area contributed by atoms with Gasteiger partial charge in [0.2, 0.25) is 0 Å². The molecule has 0 atom stereocenters. The van der Waals surface area contributed by atoms with Crippen LogP contribution in [0.2, 0.25) is 0 Å². The van der Waals surface area contributed by atoms with Gasteiger partial charge >= 0.3 is 0 Å². The lowest BCUT2D eigenvalue weighted by atomic mass is 10.3. The topological polar surface area (TPSA) is 46.9 Å². The van der Waals surface area contributed by atoms with E-state index in [1.54, 1.807) is 16.7 Å². The highest BCUT2D eigenvalue weighted by atomic mass is 19.1. The number of carbonyl (C=O) groups is 1. The third kappa shape index (κ3) is 2.38. The number of benzene rings is 1. The lowest BCUT2D eigenvalue weighted by Gasteiger charge is -2.07. The highest BCUT2D eigenvalue weighted by Gasteiger charge is 2.12. The fourth-order valence-electron chi connectivity index (χ4n) is 1.49. The zero-order valence-corrected chi connectivity index (χ0v) is 9.43. The Morgan fingerprint density at radius 1 is 1.44 bits per heavy atom. The molecule has 0 aliphatic carbocycles. The Kier molecular flexibility index (Phi) is 3.39. The Bertz CT molecular complexity index is 595. The fourth-order valence-corrected chi connectivity index (χ4v) is 1.49. The predicted octanol–water partition coefficient (Wildman–Crippen LogP) is 1.37. The van der Waals surface area contributed by atoms with E-state index in [9.17, 15) is 9.18 Å². The van der Waals surface area contributed by atoms with Gasteiger partial charge in [-0.25, -0.2) is 9.37 Å². The largest absolute Gasteiger partial charge is 0.340 e. The normalized spacial score (nSPS) is 9.78. The first-order valence-corrected chi connectivity index (χ1v) is 5.22. The molecule has 0 saturated carbocycles. The van der Waals surface area contributed by atoms with Crippen molar-refractivity contribution in [3.63, 3.8) is 0 Å². The average Bonchev–Trinajstić information content (AvgIpc) is 2.86. The molecule has 1 aromatic carbocycles. The number of halogens is 1. The molecule has 90 valence electrons. The molecule has 1 amide bonds. The van der Waals surface area contributed by atoms with Crippen LogP contribution in [0.25, 0.3) is 5.69 Å². The number of nitrogens with zero attached hydrogens (tertiary/aromatic N) is 2. The van der Waals surface area contributed by atoms with E-state index in [2.05, 4.69) is 16.2 Å². The first-order chi connectivity index (χ1) is 8.72. The van der Waals surface area contributed by atoms with Crippen molar-refractivity contribution < 1.29 is 9.18 Å². The van der Waals surface area contributed by atoms with Crippen LogP contribution in [0.5, 0.6) is 0 Å². The molecule has 1 N–H and O–H groups in total. The van der Waals surface area contributed by atoms with Crippen LogP contribution < -0.4 is 5.32 Å². The third-order valence-electron chi connectivity index (χ3n) is 2.33. The van der Waals surface area contributed by atoms with Gasteiger partial charge in [0.1, 0.15) is 11.5 Å². The molecule has 5 heteroatoms. The number of rotatable bonds is 3. The Morgan fingerprint density at radius 3 is 2.83 bits per heavy atom. The van der Waals surface area contributed by atoms with Gasteiger partial charge in [0, 0.05) is 5.69 Å². The molecule has 18 heavy (non-hydrogen) atoms. The molecular formula is C13H10FN3O. The summed E-state index contributed by atoms with van der Waals surface area (Å²) in [5.41, 5.74) is 0.997. The van der Waals surface area contributed by atoms with E-state index in [0.717, 1.165) is 0 Å². The van der Waals surface area contributed by atoms with E-state index < -0.39 is 0 Å². The minimum absolute atomic E-state index is 0.146.